The molecule has 0 aliphatic carbocycles. The molecule has 1 aromatic carbocycles. The van der Waals surface area contributed by atoms with Crippen LogP contribution in [-0.2, 0) is 11.3 Å². The number of hydrogen-bond acceptors (Lipinski definition) is 3. The third-order valence-electron chi connectivity index (χ3n) is 4.03. The predicted octanol–water partition coefficient (Wildman–Crippen LogP) is 1.92. The molecule has 22 heavy (non-hydrogen) atoms. The second-order valence-corrected chi connectivity index (χ2v) is 6.74. The van der Waals surface area contributed by atoms with Crippen LogP contribution in [0.25, 0.3) is 0 Å². The van der Waals surface area contributed by atoms with E-state index in [1.807, 2.05) is 6.07 Å². The van der Waals surface area contributed by atoms with Crippen LogP contribution in [0.3, 0.4) is 0 Å². The summed E-state index contributed by atoms with van der Waals surface area (Å²) in [7, 11) is 0. The average Bonchev–Trinajstić information content (AvgIpc) is 2.47. The van der Waals surface area contributed by atoms with Crippen LogP contribution in [0.2, 0.25) is 0 Å². The van der Waals surface area contributed by atoms with E-state index in [-0.39, 0.29) is 24.2 Å². The van der Waals surface area contributed by atoms with Crippen molar-refractivity contribution in [1.29, 1.82) is 0 Å². The molecule has 0 radical (unpaired) electrons. The van der Waals surface area contributed by atoms with Crippen molar-refractivity contribution >= 4 is 5.91 Å². The number of aliphatic hydroxyl groups is 1. The fraction of sp³-hybridized carbons (Fsp3) is 0.588. The maximum Gasteiger partial charge on any atom is 0.224 e. The van der Waals surface area contributed by atoms with Gasteiger partial charge < -0.3 is 10.4 Å². The molecule has 5 heteroatoms. The van der Waals surface area contributed by atoms with E-state index in [0.29, 0.717) is 13.1 Å². The van der Waals surface area contributed by atoms with Crippen molar-refractivity contribution in [3.05, 3.63) is 35.6 Å². The first-order chi connectivity index (χ1) is 10.4. The number of hydrogen-bond donors (Lipinski definition) is 2. The topological polar surface area (TPSA) is 52.6 Å². The average molecular weight is 308 g/mol. The van der Waals surface area contributed by atoms with E-state index in [2.05, 4.69) is 10.2 Å². The summed E-state index contributed by atoms with van der Waals surface area (Å²) in [5, 5.41) is 12.1. The Morgan fingerprint density at radius 2 is 2.27 bits per heavy atom. The first-order valence-corrected chi connectivity index (χ1v) is 7.79. The Bertz CT molecular complexity index is 519. The highest BCUT2D eigenvalue weighted by Gasteiger charge is 2.29. The van der Waals surface area contributed by atoms with E-state index in [4.69, 9.17) is 0 Å². The minimum absolute atomic E-state index is 0.0111. The number of likely N-dealkylation sites (tertiary alicyclic amines) is 1. The zero-order valence-electron chi connectivity index (χ0n) is 13.3. The molecule has 1 amide bonds. The quantitative estimate of drug-likeness (QED) is 0.874. The molecular weight excluding hydrogens is 283 g/mol. The smallest absolute Gasteiger partial charge is 0.224 e. The van der Waals surface area contributed by atoms with Crippen LogP contribution < -0.4 is 5.32 Å². The predicted molar refractivity (Wildman–Crippen MR) is 83.7 cm³/mol. The van der Waals surface area contributed by atoms with E-state index in [0.717, 1.165) is 24.9 Å². The number of nitrogens with zero attached hydrogens (tertiary/aromatic N) is 1. The number of carbonyl (C=O) groups excluding carboxylic acids is 1. The number of benzene rings is 1. The summed E-state index contributed by atoms with van der Waals surface area (Å²) in [5.41, 5.74) is 0.332. The van der Waals surface area contributed by atoms with Gasteiger partial charge in [0.1, 0.15) is 5.82 Å². The van der Waals surface area contributed by atoms with Gasteiger partial charge in [0.15, 0.2) is 0 Å². The van der Waals surface area contributed by atoms with Crippen molar-refractivity contribution in [2.75, 3.05) is 19.7 Å². The molecule has 0 aromatic heterocycles. The van der Waals surface area contributed by atoms with Gasteiger partial charge in [0, 0.05) is 13.1 Å². The highest BCUT2D eigenvalue weighted by molar-refractivity contribution is 5.79. The highest BCUT2D eigenvalue weighted by Crippen LogP contribution is 2.20. The zero-order chi connectivity index (χ0) is 16.2. The molecule has 2 rings (SSSR count). The first-order valence-electron chi connectivity index (χ1n) is 7.79. The van der Waals surface area contributed by atoms with Crippen molar-refractivity contribution < 1.29 is 14.3 Å². The number of carbonyl (C=O) groups is 1. The molecule has 1 unspecified atom stereocenters. The van der Waals surface area contributed by atoms with E-state index in [1.165, 1.54) is 6.07 Å². The summed E-state index contributed by atoms with van der Waals surface area (Å²) < 4.78 is 13.2. The minimum atomic E-state index is -0.595. The van der Waals surface area contributed by atoms with Crippen LogP contribution >= 0.6 is 0 Å². The second-order valence-electron chi connectivity index (χ2n) is 6.74. The lowest BCUT2D eigenvalue weighted by molar-refractivity contribution is -0.128. The summed E-state index contributed by atoms with van der Waals surface area (Å²) in [6, 6.07) is 6.59. The third-order valence-corrected chi connectivity index (χ3v) is 4.03. The number of rotatable bonds is 5. The summed E-state index contributed by atoms with van der Waals surface area (Å²) in [6.07, 6.45) is 1.81. The van der Waals surface area contributed by atoms with Gasteiger partial charge in [-0.1, -0.05) is 12.1 Å². The van der Waals surface area contributed by atoms with Gasteiger partial charge in [-0.3, -0.25) is 9.69 Å². The Morgan fingerprint density at radius 3 is 2.95 bits per heavy atom. The van der Waals surface area contributed by atoms with Gasteiger partial charge >= 0.3 is 0 Å². The molecule has 1 aliphatic rings. The van der Waals surface area contributed by atoms with Gasteiger partial charge in [-0.2, -0.15) is 0 Å². The maximum atomic E-state index is 13.2. The summed E-state index contributed by atoms with van der Waals surface area (Å²) in [5.74, 6) is -0.315. The Balaban J connectivity index is 1.92. The van der Waals surface area contributed by atoms with Crippen LogP contribution in [-0.4, -0.2) is 41.1 Å². The minimum Gasteiger partial charge on any atom is -0.394 e. The van der Waals surface area contributed by atoms with E-state index in [9.17, 15) is 14.3 Å². The lowest BCUT2D eigenvalue weighted by Gasteiger charge is -2.34. The Labute approximate surface area is 131 Å². The van der Waals surface area contributed by atoms with Crippen LogP contribution in [0.4, 0.5) is 4.39 Å². The standard InChI is InChI=1S/C17H25FN2O2/c1-17(2,12-21)19-16(22)14-6-4-8-20(11-14)10-13-5-3-7-15(18)9-13/h3,5,7,9,14,21H,4,6,8,10-12H2,1-2H3,(H,19,22). The summed E-state index contributed by atoms with van der Waals surface area (Å²) in [4.78, 5) is 14.5. The van der Waals surface area contributed by atoms with Gasteiger partial charge in [0.25, 0.3) is 0 Å². The molecule has 122 valence electrons. The Morgan fingerprint density at radius 1 is 1.50 bits per heavy atom. The molecule has 2 N–H and O–H groups in total. The van der Waals surface area contributed by atoms with Crippen LogP contribution in [0, 0.1) is 11.7 Å². The van der Waals surface area contributed by atoms with Gasteiger partial charge in [-0.05, 0) is 50.9 Å². The van der Waals surface area contributed by atoms with Crippen LogP contribution in [0.1, 0.15) is 32.3 Å². The normalized spacial score (nSPS) is 19.9. The molecule has 4 nitrogen and oxygen atoms in total. The molecule has 1 fully saturated rings. The Hall–Kier alpha value is -1.46. The number of nitrogens with one attached hydrogen (secondary N) is 1. The van der Waals surface area contributed by atoms with Crippen molar-refractivity contribution in [1.82, 2.24) is 10.2 Å². The highest BCUT2D eigenvalue weighted by atomic mass is 19.1. The fourth-order valence-electron chi connectivity index (χ4n) is 2.78. The number of halogens is 1. The number of amides is 1. The first kappa shape index (κ1) is 16.9. The van der Waals surface area contributed by atoms with Crippen LogP contribution in [0.15, 0.2) is 24.3 Å². The lowest BCUT2D eigenvalue weighted by atomic mass is 9.95. The molecule has 0 bridgehead atoms. The monoisotopic (exact) mass is 308 g/mol. The van der Waals surface area contributed by atoms with E-state index >= 15 is 0 Å². The van der Waals surface area contributed by atoms with Crippen LogP contribution in [0.5, 0.6) is 0 Å². The van der Waals surface area contributed by atoms with Gasteiger partial charge in [0.2, 0.25) is 5.91 Å². The molecule has 1 atom stereocenters. The molecule has 1 saturated heterocycles. The molecule has 0 saturated carbocycles. The van der Waals surface area contributed by atoms with E-state index in [1.54, 1.807) is 26.0 Å². The van der Waals surface area contributed by atoms with Gasteiger partial charge in [-0.15, -0.1) is 0 Å². The fourth-order valence-corrected chi connectivity index (χ4v) is 2.78. The molecule has 1 aliphatic heterocycles. The SMILES string of the molecule is CC(C)(CO)NC(=O)C1CCCN(Cc2cccc(F)c2)C1. The maximum absolute atomic E-state index is 13.2. The summed E-state index contributed by atoms with van der Waals surface area (Å²) in [6.45, 7) is 5.77. The van der Waals surface area contributed by atoms with Crippen molar-refractivity contribution in [2.24, 2.45) is 5.92 Å². The van der Waals surface area contributed by atoms with Crippen molar-refractivity contribution in [3.8, 4) is 0 Å². The number of aliphatic hydroxyl groups excluding tert-OH is 1. The lowest BCUT2D eigenvalue weighted by Crippen LogP contribution is -2.51. The summed E-state index contributed by atoms with van der Waals surface area (Å²) >= 11 is 0. The zero-order valence-corrected chi connectivity index (χ0v) is 13.3. The second kappa shape index (κ2) is 7.20. The third kappa shape index (κ3) is 4.78. The molecule has 1 aromatic rings. The molecule has 0 spiro atoms. The molecular formula is C17H25FN2O2. The molecule has 1 heterocycles. The van der Waals surface area contributed by atoms with Gasteiger partial charge in [-0.25, -0.2) is 4.39 Å². The van der Waals surface area contributed by atoms with E-state index < -0.39 is 5.54 Å². The Kier molecular flexibility index (Phi) is 5.53. The van der Waals surface area contributed by atoms with Crippen molar-refractivity contribution in [3.63, 3.8) is 0 Å². The largest absolute Gasteiger partial charge is 0.394 e. The van der Waals surface area contributed by atoms with Crippen molar-refractivity contribution in [2.45, 2.75) is 38.8 Å². The van der Waals surface area contributed by atoms with Gasteiger partial charge in [0.05, 0.1) is 18.1 Å². The number of piperidine rings is 1.